The van der Waals surface area contributed by atoms with E-state index in [0.29, 0.717) is 23.1 Å². The summed E-state index contributed by atoms with van der Waals surface area (Å²) in [5.74, 6) is 1.12. The second-order valence-corrected chi connectivity index (χ2v) is 3.26. The number of anilines is 2. The minimum absolute atomic E-state index is 0.450. The molecule has 0 amide bonds. The van der Waals surface area contributed by atoms with Crippen LogP contribution in [-0.4, -0.2) is 10.1 Å². The number of rotatable bonds is 2. The number of aryl methyl sites for hydroxylation is 1. The first kappa shape index (κ1) is 9.51. The maximum absolute atomic E-state index is 5.67. The Morgan fingerprint density at radius 2 is 1.87 bits per heavy atom. The van der Waals surface area contributed by atoms with E-state index < -0.39 is 0 Å². The summed E-state index contributed by atoms with van der Waals surface area (Å²) >= 11 is 0. The van der Waals surface area contributed by atoms with Crippen LogP contribution in [0.4, 0.5) is 11.4 Å². The van der Waals surface area contributed by atoms with E-state index in [1.54, 1.807) is 18.2 Å². The van der Waals surface area contributed by atoms with Gasteiger partial charge in [0.25, 0.3) is 5.89 Å². The summed E-state index contributed by atoms with van der Waals surface area (Å²) in [6.45, 7) is 1.96. The average molecular weight is 204 g/mol. The van der Waals surface area contributed by atoms with Gasteiger partial charge in [0.05, 0.1) is 0 Å². The van der Waals surface area contributed by atoms with E-state index in [4.69, 9.17) is 16.0 Å². The fraction of sp³-hybridized carbons (Fsp3) is 0.200. The van der Waals surface area contributed by atoms with E-state index in [0.717, 1.165) is 12.0 Å². The molecule has 78 valence electrons. The molecule has 15 heavy (non-hydrogen) atoms. The second kappa shape index (κ2) is 3.61. The molecule has 2 rings (SSSR count). The van der Waals surface area contributed by atoms with Crippen LogP contribution in [0.15, 0.2) is 22.7 Å². The molecule has 0 aliphatic carbocycles. The largest absolute Gasteiger partial charge is 0.399 e. The molecule has 0 unspecified atom stereocenters. The van der Waals surface area contributed by atoms with Gasteiger partial charge in [-0.25, -0.2) is 0 Å². The van der Waals surface area contributed by atoms with Crippen molar-refractivity contribution in [3.8, 4) is 11.5 Å². The number of nitrogen functional groups attached to an aromatic ring is 2. The lowest BCUT2D eigenvalue weighted by molar-refractivity contribution is 0.423. The van der Waals surface area contributed by atoms with Crippen molar-refractivity contribution in [1.29, 1.82) is 0 Å². The highest BCUT2D eigenvalue weighted by atomic mass is 16.5. The summed E-state index contributed by atoms with van der Waals surface area (Å²) in [4.78, 5) is 4.19. The molecule has 0 saturated carbocycles. The number of nitrogens with zero attached hydrogens (tertiary/aromatic N) is 2. The summed E-state index contributed by atoms with van der Waals surface area (Å²) in [5.41, 5.74) is 13.3. The van der Waals surface area contributed by atoms with Crippen LogP contribution in [0.5, 0.6) is 0 Å². The van der Waals surface area contributed by atoms with Crippen molar-refractivity contribution in [2.24, 2.45) is 0 Å². The first-order valence-electron chi connectivity index (χ1n) is 4.68. The first-order valence-corrected chi connectivity index (χ1v) is 4.68. The van der Waals surface area contributed by atoms with Gasteiger partial charge in [0, 0.05) is 23.4 Å². The molecule has 5 heteroatoms. The maximum Gasteiger partial charge on any atom is 0.258 e. The van der Waals surface area contributed by atoms with E-state index >= 15 is 0 Å². The molecule has 0 aliphatic heterocycles. The zero-order chi connectivity index (χ0) is 10.8. The fourth-order valence-corrected chi connectivity index (χ4v) is 1.31. The molecule has 0 spiro atoms. The molecule has 0 radical (unpaired) electrons. The van der Waals surface area contributed by atoms with E-state index in [1.807, 2.05) is 6.92 Å². The van der Waals surface area contributed by atoms with Crippen molar-refractivity contribution in [3.05, 3.63) is 24.0 Å². The van der Waals surface area contributed by atoms with E-state index in [1.165, 1.54) is 0 Å². The minimum atomic E-state index is 0.450. The van der Waals surface area contributed by atoms with Crippen LogP contribution >= 0.6 is 0 Å². The van der Waals surface area contributed by atoms with Crippen LogP contribution in [0.2, 0.25) is 0 Å². The van der Waals surface area contributed by atoms with Gasteiger partial charge in [-0.3, -0.25) is 0 Å². The van der Waals surface area contributed by atoms with Gasteiger partial charge >= 0.3 is 0 Å². The Balaban J connectivity index is 2.44. The summed E-state index contributed by atoms with van der Waals surface area (Å²) in [7, 11) is 0. The predicted molar refractivity (Wildman–Crippen MR) is 57.9 cm³/mol. The van der Waals surface area contributed by atoms with Gasteiger partial charge in [-0.2, -0.15) is 4.98 Å². The van der Waals surface area contributed by atoms with E-state index in [9.17, 15) is 0 Å². The molecule has 0 saturated heterocycles. The zero-order valence-corrected chi connectivity index (χ0v) is 8.40. The standard InChI is InChI=1S/C10H12N4O/c1-2-9-13-10(15-14-9)6-3-7(11)5-8(12)4-6/h3-5H,2,11-12H2,1H3. The van der Waals surface area contributed by atoms with Gasteiger partial charge in [0.2, 0.25) is 0 Å². The van der Waals surface area contributed by atoms with Crippen LogP contribution in [0, 0.1) is 0 Å². The fourth-order valence-electron chi connectivity index (χ4n) is 1.31. The van der Waals surface area contributed by atoms with Crippen molar-refractivity contribution in [3.63, 3.8) is 0 Å². The average Bonchev–Trinajstić information content (AvgIpc) is 2.64. The van der Waals surface area contributed by atoms with Crippen molar-refractivity contribution in [2.45, 2.75) is 13.3 Å². The maximum atomic E-state index is 5.67. The molecule has 1 aromatic carbocycles. The Bertz CT molecular complexity index is 458. The number of hydrogen-bond acceptors (Lipinski definition) is 5. The Morgan fingerprint density at radius 1 is 1.20 bits per heavy atom. The molecule has 0 atom stereocenters. The monoisotopic (exact) mass is 204 g/mol. The second-order valence-electron chi connectivity index (χ2n) is 3.26. The van der Waals surface area contributed by atoms with Crippen molar-refractivity contribution in [2.75, 3.05) is 11.5 Å². The van der Waals surface area contributed by atoms with Crippen LogP contribution in [0.1, 0.15) is 12.7 Å². The highest BCUT2D eigenvalue weighted by Gasteiger charge is 2.08. The van der Waals surface area contributed by atoms with Crippen molar-refractivity contribution >= 4 is 11.4 Å². The minimum Gasteiger partial charge on any atom is -0.399 e. The molecule has 4 N–H and O–H groups in total. The normalized spacial score (nSPS) is 10.5. The number of nitrogens with two attached hydrogens (primary N) is 2. The Morgan fingerprint density at radius 3 is 2.40 bits per heavy atom. The molecular formula is C10H12N4O. The number of aromatic nitrogens is 2. The molecule has 0 bridgehead atoms. The van der Waals surface area contributed by atoms with Crippen LogP contribution < -0.4 is 11.5 Å². The van der Waals surface area contributed by atoms with Gasteiger partial charge in [-0.1, -0.05) is 12.1 Å². The smallest absolute Gasteiger partial charge is 0.258 e. The molecule has 2 aromatic rings. The lowest BCUT2D eigenvalue weighted by atomic mass is 10.2. The van der Waals surface area contributed by atoms with Crippen LogP contribution in [0.3, 0.4) is 0 Å². The zero-order valence-electron chi connectivity index (χ0n) is 8.40. The summed E-state index contributed by atoms with van der Waals surface area (Å²) in [6, 6.07) is 5.19. The van der Waals surface area contributed by atoms with Crippen LogP contribution in [-0.2, 0) is 6.42 Å². The topological polar surface area (TPSA) is 91.0 Å². The molecular weight excluding hydrogens is 192 g/mol. The van der Waals surface area contributed by atoms with Crippen molar-refractivity contribution in [1.82, 2.24) is 10.1 Å². The van der Waals surface area contributed by atoms with Gasteiger partial charge in [-0.15, -0.1) is 0 Å². The third kappa shape index (κ3) is 1.90. The lowest BCUT2D eigenvalue weighted by Gasteiger charge is -1.99. The predicted octanol–water partition coefficient (Wildman–Crippen LogP) is 1.46. The first-order chi connectivity index (χ1) is 7.19. The van der Waals surface area contributed by atoms with Crippen molar-refractivity contribution < 1.29 is 4.52 Å². The SMILES string of the molecule is CCc1noc(-c2cc(N)cc(N)c2)n1. The highest BCUT2D eigenvalue weighted by molar-refractivity contribution is 5.66. The van der Waals surface area contributed by atoms with Gasteiger partial charge in [-0.05, 0) is 18.2 Å². The third-order valence-corrected chi connectivity index (χ3v) is 2.01. The molecule has 1 aromatic heterocycles. The number of hydrogen-bond donors (Lipinski definition) is 2. The molecule has 0 aliphatic rings. The van der Waals surface area contributed by atoms with E-state index in [2.05, 4.69) is 10.1 Å². The van der Waals surface area contributed by atoms with Crippen LogP contribution in [0.25, 0.3) is 11.5 Å². The van der Waals surface area contributed by atoms with E-state index in [-0.39, 0.29) is 0 Å². The van der Waals surface area contributed by atoms with Gasteiger partial charge < -0.3 is 16.0 Å². The summed E-state index contributed by atoms with van der Waals surface area (Å²) in [6.07, 6.45) is 0.737. The number of benzene rings is 1. The quantitative estimate of drug-likeness (QED) is 0.722. The molecule has 5 nitrogen and oxygen atoms in total. The van der Waals surface area contributed by atoms with Gasteiger partial charge in [0.15, 0.2) is 5.82 Å². The summed E-state index contributed by atoms with van der Waals surface area (Å²) in [5, 5.41) is 3.80. The molecule has 0 fully saturated rings. The Labute approximate surface area is 87.1 Å². The summed E-state index contributed by atoms with van der Waals surface area (Å²) < 4.78 is 5.08. The highest BCUT2D eigenvalue weighted by Crippen LogP contribution is 2.23. The Hall–Kier alpha value is -2.04. The van der Waals surface area contributed by atoms with Gasteiger partial charge in [0.1, 0.15) is 0 Å². The Kier molecular flexibility index (Phi) is 2.29. The molecule has 1 heterocycles. The third-order valence-electron chi connectivity index (χ3n) is 2.01. The lowest BCUT2D eigenvalue weighted by Crippen LogP contribution is -1.91.